The molecule has 0 fully saturated rings. The van der Waals surface area contributed by atoms with Gasteiger partial charge in [-0.05, 0) is 48.2 Å². The number of aromatic nitrogens is 1. The van der Waals surface area contributed by atoms with Crippen molar-refractivity contribution >= 4 is 17.5 Å². The zero-order valence-corrected chi connectivity index (χ0v) is 11.7. The summed E-state index contributed by atoms with van der Waals surface area (Å²) in [5.74, 6) is 0.122. The summed E-state index contributed by atoms with van der Waals surface area (Å²) in [7, 11) is 1.48. The normalized spacial score (nSPS) is 10.3. The van der Waals surface area contributed by atoms with Crippen LogP contribution in [0.1, 0.15) is 22.3 Å². The Balaban J connectivity index is 2.28. The van der Waals surface area contributed by atoms with E-state index in [1.54, 1.807) is 12.4 Å². The Morgan fingerprint density at radius 2 is 2.11 bits per heavy atom. The van der Waals surface area contributed by atoms with E-state index in [1.807, 2.05) is 24.3 Å². The predicted octanol–water partition coefficient (Wildman–Crippen LogP) is 3.61. The fourth-order valence-electron chi connectivity index (χ4n) is 1.88. The van der Waals surface area contributed by atoms with Gasteiger partial charge in [0.05, 0.1) is 12.7 Å². The lowest BCUT2D eigenvalue weighted by atomic mass is 10.0. The molecule has 1 aromatic carbocycles. The number of pyridine rings is 1. The highest BCUT2D eigenvalue weighted by Crippen LogP contribution is 2.19. The molecule has 19 heavy (non-hydrogen) atoms. The first kappa shape index (κ1) is 13.6. The third kappa shape index (κ3) is 3.32. The first-order chi connectivity index (χ1) is 9.10. The lowest BCUT2D eigenvalue weighted by Gasteiger charge is -2.08. The number of rotatable bonds is 3. The van der Waals surface area contributed by atoms with Gasteiger partial charge in [0.2, 0.25) is 5.90 Å². The minimum atomic E-state index is 0.122. The lowest BCUT2D eigenvalue weighted by Crippen LogP contribution is -2.03. The van der Waals surface area contributed by atoms with Gasteiger partial charge in [0.25, 0.3) is 0 Å². The van der Waals surface area contributed by atoms with Crippen LogP contribution in [-0.4, -0.2) is 18.0 Å². The molecule has 98 valence electrons. The number of halogens is 1. The van der Waals surface area contributed by atoms with Crippen molar-refractivity contribution < 1.29 is 4.74 Å². The SMILES string of the molecule is COC(=N)c1cncc(Cc2cc(Cl)ccc2C)c1. The summed E-state index contributed by atoms with van der Waals surface area (Å²) in [6.07, 6.45) is 4.16. The summed E-state index contributed by atoms with van der Waals surface area (Å²) in [5, 5.41) is 8.38. The first-order valence-corrected chi connectivity index (χ1v) is 6.30. The van der Waals surface area contributed by atoms with E-state index in [9.17, 15) is 0 Å². The second-order valence-electron chi connectivity index (χ2n) is 4.36. The van der Waals surface area contributed by atoms with Gasteiger partial charge >= 0.3 is 0 Å². The van der Waals surface area contributed by atoms with E-state index in [-0.39, 0.29) is 5.90 Å². The van der Waals surface area contributed by atoms with Crippen molar-refractivity contribution in [1.29, 1.82) is 5.41 Å². The van der Waals surface area contributed by atoms with E-state index in [1.165, 1.54) is 12.7 Å². The quantitative estimate of drug-likeness (QED) is 0.686. The van der Waals surface area contributed by atoms with Gasteiger partial charge < -0.3 is 4.74 Å². The van der Waals surface area contributed by atoms with Gasteiger partial charge in [-0.25, -0.2) is 0 Å². The zero-order valence-electron chi connectivity index (χ0n) is 10.9. The molecular weight excluding hydrogens is 260 g/mol. The monoisotopic (exact) mass is 274 g/mol. The second-order valence-corrected chi connectivity index (χ2v) is 4.80. The van der Waals surface area contributed by atoms with Crippen LogP contribution < -0.4 is 0 Å². The summed E-state index contributed by atoms with van der Waals surface area (Å²) < 4.78 is 4.91. The van der Waals surface area contributed by atoms with Crippen molar-refractivity contribution in [3.63, 3.8) is 0 Å². The van der Waals surface area contributed by atoms with Gasteiger partial charge in [0.1, 0.15) is 0 Å². The molecule has 0 amide bonds. The van der Waals surface area contributed by atoms with E-state index >= 15 is 0 Å². The molecule has 4 heteroatoms. The van der Waals surface area contributed by atoms with Gasteiger partial charge in [-0.2, -0.15) is 0 Å². The number of aryl methyl sites for hydroxylation is 1. The summed E-state index contributed by atoms with van der Waals surface area (Å²) in [5.41, 5.74) is 4.07. The largest absolute Gasteiger partial charge is 0.481 e. The second kappa shape index (κ2) is 5.85. The van der Waals surface area contributed by atoms with Gasteiger partial charge in [0, 0.05) is 17.4 Å². The van der Waals surface area contributed by atoms with Gasteiger partial charge in [-0.15, -0.1) is 0 Å². The third-order valence-corrected chi connectivity index (χ3v) is 3.20. The molecule has 2 aromatic rings. The Bertz CT molecular complexity index is 611. The highest BCUT2D eigenvalue weighted by Gasteiger charge is 2.06. The molecule has 0 saturated carbocycles. The maximum Gasteiger partial charge on any atom is 0.214 e. The van der Waals surface area contributed by atoms with Crippen LogP contribution in [0.5, 0.6) is 0 Å². The number of hydrogen-bond donors (Lipinski definition) is 1. The summed E-state index contributed by atoms with van der Waals surface area (Å²) in [4.78, 5) is 4.15. The molecule has 1 N–H and O–H groups in total. The van der Waals surface area contributed by atoms with Crippen molar-refractivity contribution in [3.8, 4) is 0 Å². The van der Waals surface area contributed by atoms with Crippen LogP contribution in [0.25, 0.3) is 0 Å². The van der Waals surface area contributed by atoms with Crippen molar-refractivity contribution in [2.24, 2.45) is 0 Å². The summed E-state index contributed by atoms with van der Waals surface area (Å²) in [6.45, 7) is 2.06. The Hall–Kier alpha value is -1.87. The topological polar surface area (TPSA) is 46.0 Å². The summed E-state index contributed by atoms with van der Waals surface area (Å²) >= 11 is 6.02. The molecule has 0 unspecified atom stereocenters. The number of nitrogens with one attached hydrogen (secondary N) is 1. The van der Waals surface area contributed by atoms with Gasteiger partial charge in [-0.1, -0.05) is 17.7 Å². The molecule has 0 saturated heterocycles. The van der Waals surface area contributed by atoms with E-state index in [0.29, 0.717) is 5.56 Å². The Kier molecular flexibility index (Phi) is 4.17. The molecule has 0 bridgehead atoms. The van der Waals surface area contributed by atoms with E-state index in [0.717, 1.165) is 22.6 Å². The number of ether oxygens (including phenoxy) is 1. The van der Waals surface area contributed by atoms with E-state index in [4.69, 9.17) is 21.7 Å². The molecule has 2 rings (SSSR count). The van der Waals surface area contributed by atoms with Crippen molar-refractivity contribution in [3.05, 3.63) is 63.9 Å². The molecule has 0 aliphatic heterocycles. The van der Waals surface area contributed by atoms with Crippen LogP contribution in [0.4, 0.5) is 0 Å². The number of nitrogens with zero attached hydrogens (tertiary/aromatic N) is 1. The molecule has 1 aromatic heterocycles. The summed E-state index contributed by atoms with van der Waals surface area (Å²) in [6, 6.07) is 7.77. The highest BCUT2D eigenvalue weighted by molar-refractivity contribution is 6.30. The average molecular weight is 275 g/mol. The molecule has 0 spiro atoms. The molecule has 0 aliphatic rings. The fraction of sp³-hybridized carbons (Fsp3) is 0.200. The molecule has 0 atom stereocenters. The van der Waals surface area contributed by atoms with Crippen molar-refractivity contribution in [2.75, 3.05) is 7.11 Å². The van der Waals surface area contributed by atoms with E-state index < -0.39 is 0 Å². The molecule has 0 radical (unpaired) electrons. The maximum absolute atomic E-state index is 7.65. The lowest BCUT2D eigenvalue weighted by molar-refractivity contribution is 0.401. The molecular formula is C15H15ClN2O. The Morgan fingerprint density at radius 1 is 1.32 bits per heavy atom. The predicted molar refractivity (Wildman–Crippen MR) is 77.1 cm³/mol. The van der Waals surface area contributed by atoms with Crippen molar-refractivity contribution in [1.82, 2.24) is 4.98 Å². The zero-order chi connectivity index (χ0) is 13.8. The number of methoxy groups -OCH3 is 1. The van der Waals surface area contributed by atoms with Crippen molar-refractivity contribution in [2.45, 2.75) is 13.3 Å². The van der Waals surface area contributed by atoms with Gasteiger partial charge in [0.15, 0.2) is 0 Å². The fourth-order valence-corrected chi connectivity index (χ4v) is 2.07. The Morgan fingerprint density at radius 3 is 2.84 bits per heavy atom. The molecule has 3 nitrogen and oxygen atoms in total. The third-order valence-electron chi connectivity index (χ3n) is 2.97. The minimum Gasteiger partial charge on any atom is -0.481 e. The Labute approximate surface area is 117 Å². The average Bonchev–Trinajstić information content (AvgIpc) is 2.42. The van der Waals surface area contributed by atoms with Crippen LogP contribution in [0.3, 0.4) is 0 Å². The number of hydrogen-bond acceptors (Lipinski definition) is 3. The molecule has 0 aliphatic carbocycles. The van der Waals surface area contributed by atoms with Gasteiger partial charge in [-0.3, -0.25) is 10.4 Å². The standard InChI is InChI=1S/C15H15ClN2O/c1-10-3-4-14(16)7-12(10)5-11-6-13(9-18-8-11)15(17)19-2/h3-4,6-9,17H,5H2,1-2H3. The van der Waals surface area contributed by atoms with Crippen LogP contribution in [0, 0.1) is 12.3 Å². The van der Waals surface area contributed by atoms with Crippen LogP contribution in [0.15, 0.2) is 36.7 Å². The first-order valence-electron chi connectivity index (χ1n) is 5.92. The maximum atomic E-state index is 7.65. The van der Waals surface area contributed by atoms with Crippen LogP contribution >= 0.6 is 11.6 Å². The van der Waals surface area contributed by atoms with Crippen LogP contribution in [0.2, 0.25) is 5.02 Å². The highest BCUT2D eigenvalue weighted by atomic mass is 35.5. The smallest absolute Gasteiger partial charge is 0.214 e. The van der Waals surface area contributed by atoms with E-state index in [2.05, 4.69) is 11.9 Å². The number of benzene rings is 1. The minimum absolute atomic E-state index is 0.122. The van der Waals surface area contributed by atoms with Crippen LogP contribution in [-0.2, 0) is 11.2 Å². The molecule has 1 heterocycles.